The highest BCUT2D eigenvalue weighted by Gasteiger charge is 2.20. The predicted molar refractivity (Wildman–Crippen MR) is 106 cm³/mol. The number of methoxy groups -OCH3 is 1. The maximum Gasteiger partial charge on any atom is 0.327 e. The Hall–Kier alpha value is -4.06. The second kappa shape index (κ2) is 7.08. The summed E-state index contributed by atoms with van der Waals surface area (Å²) in [6.07, 6.45) is 7.16. The van der Waals surface area contributed by atoms with E-state index in [1.807, 2.05) is 37.0 Å². The van der Waals surface area contributed by atoms with Gasteiger partial charge in [0.1, 0.15) is 12.1 Å². The quantitative estimate of drug-likeness (QED) is 0.434. The molecule has 0 saturated heterocycles. The van der Waals surface area contributed by atoms with Crippen molar-refractivity contribution in [2.45, 2.75) is 13.5 Å². The first kappa shape index (κ1) is 18.0. The number of nitrogens with zero attached hydrogens (tertiary/aromatic N) is 8. The Balaban J connectivity index is 1.68. The van der Waals surface area contributed by atoms with Crippen LogP contribution in [0.25, 0.3) is 28.4 Å². The fraction of sp³-hybridized carbons (Fsp3) is 0.222. The largest absolute Gasteiger partial charge is 0.377 e. The van der Waals surface area contributed by atoms with Crippen LogP contribution in [0.2, 0.25) is 0 Å². The van der Waals surface area contributed by atoms with Crippen molar-refractivity contribution in [2.24, 2.45) is 7.05 Å². The van der Waals surface area contributed by atoms with Crippen LogP contribution in [0.5, 0.6) is 0 Å². The Bertz CT molecular complexity index is 1310. The number of anilines is 2. The Morgan fingerprint density at radius 1 is 1.27 bits per heavy atom. The van der Waals surface area contributed by atoms with Crippen molar-refractivity contribution in [1.82, 2.24) is 44.5 Å². The molecule has 30 heavy (non-hydrogen) atoms. The van der Waals surface area contributed by atoms with Gasteiger partial charge in [0.15, 0.2) is 17.5 Å². The van der Waals surface area contributed by atoms with Gasteiger partial charge in [0.25, 0.3) is 0 Å². The van der Waals surface area contributed by atoms with E-state index in [1.165, 1.54) is 0 Å². The van der Waals surface area contributed by atoms with Crippen LogP contribution >= 0.6 is 0 Å². The maximum atomic E-state index is 5.28. The summed E-state index contributed by atoms with van der Waals surface area (Å²) in [4.78, 5) is 13.3. The lowest BCUT2D eigenvalue weighted by Gasteiger charge is -2.08. The van der Waals surface area contributed by atoms with E-state index in [1.54, 1.807) is 24.0 Å². The van der Waals surface area contributed by atoms with Gasteiger partial charge in [-0.15, -0.1) is 5.10 Å². The summed E-state index contributed by atoms with van der Waals surface area (Å²) >= 11 is 0. The van der Waals surface area contributed by atoms with Gasteiger partial charge in [-0.1, -0.05) is 5.16 Å². The Morgan fingerprint density at radius 2 is 2.17 bits per heavy atom. The van der Waals surface area contributed by atoms with Gasteiger partial charge < -0.3 is 13.8 Å². The van der Waals surface area contributed by atoms with Gasteiger partial charge >= 0.3 is 6.01 Å². The first-order valence-electron chi connectivity index (χ1n) is 9.10. The van der Waals surface area contributed by atoms with E-state index in [2.05, 4.69) is 35.7 Å². The zero-order valence-corrected chi connectivity index (χ0v) is 16.5. The number of aryl methyl sites for hydroxylation is 2. The molecule has 0 radical (unpaired) electrons. The molecule has 0 aliphatic rings. The summed E-state index contributed by atoms with van der Waals surface area (Å²) in [5.74, 6) is 2.01. The normalized spacial score (nSPS) is 11.4. The van der Waals surface area contributed by atoms with E-state index in [0.29, 0.717) is 23.3 Å². The lowest BCUT2D eigenvalue weighted by atomic mass is 10.1. The summed E-state index contributed by atoms with van der Waals surface area (Å²) in [6.45, 7) is 2.24. The summed E-state index contributed by atoms with van der Waals surface area (Å²) in [6, 6.07) is 2.11. The molecule has 12 nitrogen and oxygen atoms in total. The van der Waals surface area contributed by atoms with Gasteiger partial charge in [0.2, 0.25) is 5.82 Å². The highest BCUT2D eigenvalue weighted by molar-refractivity contribution is 5.83. The van der Waals surface area contributed by atoms with Crippen molar-refractivity contribution in [3.63, 3.8) is 0 Å². The standard InChI is InChI=1S/C18H18N10O2/c1-10-11(12-4-5-20-24-12)8-28-14(10)15(23-18-21-13(9-29-3)26-30-18)22-16(25-28)17-19-6-7-27(17)2/h4-8H,9H2,1-3H3,(H,20,24)(H,21,22,23,25,26). The summed E-state index contributed by atoms with van der Waals surface area (Å²) in [7, 11) is 3.45. The van der Waals surface area contributed by atoms with Crippen LogP contribution in [0.4, 0.5) is 11.8 Å². The zero-order chi connectivity index (χ0) is 20.7. The smallest absolute Gasteiger partial charge is 0.327 e. The van der Waals surface area contributed by atoms with Crippen LogP contribution in [0, 0.1) is 6.92 Å². The third kappa shape index (κ3) is 2.99. The first-order valence-corrected chi connectivity index (χ1v) is 9.10. The third-order valence-corrected chi connectivity index (χ3v) is 4.66. The molecule has 2 N–H and O–H groups in total. The lowest BCUT2D eigenvalue weighted by Crippen LogP contribution is -2.06. The van der Waals surface area contributed by atoms with Gasteiger partial charge in [0, 0.05) is 44.5 Å². The average Bonchev–Trinajstić information content (AvgIpc) is 3.50. The van der Waals surface area contributed by atoms with Gasteiger partial charge in [-0.25, -0.2) is 14.5 Å². The van der Waals surface area contributed by atoms with Crippen LogP contribution in [0.3, 0.4) is 0 Å². The monoisotopic (exact) mass is 406 g/mol. The van der Waals surface area contributed by atoms with E-state index in [9.17, 15) is 0 Å². The van der Waals surface area contributed by atoms with Crippen LogP contribution in [0.1, 0.15) is 11.4 Å². The molecular weight excluding hydrogens is 388 g/mol. The highest BCUT2D eigenvalue weighted by atomic mass is 16.5. The number of hydrogen-bond acceptors (Lipinski definition) is 9. The van der Waals surface area contributed by atoms with E-state index >= 15 is 0 Å². The summed E-state index contributed by atoms with van der Waals surface area (Å²) in [5.41, 5.74) is 3.56. The number of nitrogens with one attached hydrogen (secondary N) is 2. The maximum absolute atomic E-state index is 5.28. The number of rotatable bonds is 6. The molecule has 0 atom stereocenters. The number of aromatic amines is 1. The fourth-order valence-electron chi connectivity index (χ4n) is 3.27. The molecule has 0 amide bonds. The molecular formula is C18H18N10O2. The topological polar surface area (TPSA) is 137 Å². The SMILES string of the molecule is COCc1noc(Nc2nc(-c3nccn3C)nn3cc(-c4ccn[nH]4)c(C)c23)n1. The molecule has 0 aromatic carbocycles. The number of imidazole rings is 1. The molecule has 0 unspecified atom stereocenters. The number of fused-ring (bicyclic) bond motifs is 1. The molecule has 5 aromatic rings. The Morgan fingerprint density at radius 3 is 2.90 bits per heavy atom. The Labute approximate surface area is 169 Å². The minimum atomic E-state index is 0.206. The van der Waals surface area contributed by atoms with Crippen molar-refractivity contribution in [3.8, 4) is 22.9 Å². The van der Waals surface area contributed by atoms with E-state index < -0.39 is 0 Å². The molecule has 12 heteroatoms. The predicted octanol–water partition coefficient (Wildman–Crippen LogP) is 2.10. The van der Waals surface area contributed by atoms with E-state index in [0.717, 1.165) is 22.3 Å². The zero-order valence-electron chi connectivity index (χ0n) is 16.5. The Kier molecular flexibility index (Phi) is 4.25. The summed E-state index contributed by atoms with van der Waals surface area (Å²) < 4.78 is 13.9. The molecule has 0 spiro atoms. The van der Waals surface area contributed by atoms with Gasteiger partial charge in [-0.05, 0) is 18.6 Å². The fourth-order valence-corrected chi connectivity index (χ4v) is 3.27. The molecule has 152 valence electrons. The molecule has 0 aliphatic heterocycles. The molecule has 0 bridgehead atoms. The van der Waals surface area contributed by atoms with Gasteiger partial charge in [-0.3, -0.25) is 10.4 Å². The van der Waals surface area contributed by atoms with Crippen LogP contribution in [-0.4, -0.2) is 51.6 Å². The van der Waals surface area contributed by atoms with Crippen LogP contribution < -0.4 is 5.32 Å². The second-order valence-electron chi connectivity index (χ2n) is 6.65. The van der Waals surface area contributed by atoms with Gasteiger partial charge in [0.05, 0.1) is 5.69 Å². The van der Waals surface area contributed by atoms with Crippen LogP contribution in [0.15, 0.2) is 35.4 Å². The highest BCUT2D eigenvalue weighted by Crippen LogP contribution is 2.31. The molecule has 5 rings (SSSR count). The second-order valence-corrected chi connectivity index (χ2v) is 6.65. The lowest BCUT2D eigenvalue weighted by molar-refractivity contribution is 0.174. The van der Waals surface area contributed by atoms with E-state index in [-0.39, 0.29) is 12.6 Å². The van der Waals surface area contributed by atoms with Crippen LogP contribution in [-0.2, 0) is 18.4 Å². The molecule has 0 aliphatic carbocycles. The molecule has 0 fully saturated rings. The van der Waals surface area contributed by atoms with Crippen molar-refractivity contribution >= 4 is 17.3 Å². The average molecular weight is 406 g/mol. The van der Waals surface area contributed by atoms with Crippen molar-refractivity contribution in [1.29, 1.82) is 0 Å². The number of H-pyrrole nitrogens is 1. The summed E-state index contributed by atoms with van der Waals surface area (Å²) in [5, 5.41) is 18.7. The molecule has 0 saturated carbocycles. The molecule has 5 heterocycles. The van der Waals surface area contributed by atoms with Crippen molar-refractivity contribution < 1.29 is 9.26 Å². The third-order valence-electron chi connectivity index (χ3n) is 4.66. The van der Waals surface area contributed by atoms with Crippen molar-refractivity contribution in [3.05, 3.63) is 42.2 Å². The van der Waals surface area contributed by atoms with E-state index in [4.69, 9.17) is 14.2 Å². The number of hydrogen-bond donors (Lipinski definition) is 2. The first-order chi connectivity index (χ1) is 14.6. The van der Waals surface area contributed by atoms with Gasteiger partial charge in [-0.2, -0.15) is 10.1 Å². The number of aromatic nitrogens is 9. The molecule has 5 aromatic heterocycles. The van der Waals surface area contributed by atoms with Crippen molar-refractivity contribution in [2.75, 3.05) is 12.4 Å². The minimum Gasteiger partial charge on any atom is -0.377 e. The minimum absolute atomic E-state index is 0.206. The number of ether oxygens (including phenoxy) is 1.